The second-order valence-electron chi connectivity index (χ2n) is 5.03. The maximum Gasteiger partial charge on any atom is 0.184 e. The second-order valence-corrected chi connectivity index (χ2v) is 5.43. The van der Waals surface area contributed by atoms with Crippen LogP contribution in [0.2, 0.25) is 5.02 Å². The van der Waals surface area contributed by atoms with E-state index in [1.165, 1.54) is 24.3 Å². The molecule has 2 aromatic rings. The Hall–Kier alpha value is -1.65. The Labute approximate surface area is 126 Å². The summed E-state index contributed by atoms with van der Waals surface area (Å²) < 4.78 is 33.4. The lowest BCUT2D eigenvalue weighted by Gasteiger charge is -2.13. The van der Waals surface area contributed by atoms with Crippen molar-refractivity contribution >= 4 is 11.6 Å². The Morgan fingerprint density at radius 1 is 1.10 bits per heavy atom. The van der Waals surface area contributed by atoms with Crippen LogP contribution in [0.5, 0.6) is 11.5 Å². The summed E-state index contributed by atoms with van der Waals surface area (Å²) in [6, 6.07) is 9.45. The van der Waals surface area contributed by atoms with E-state index >= 15 is 0 Å². The Kier molecular flexibility index (Phi) is 4.08. The van der Waals surface area contributed by atoms with Gasteiger partial charge in [-0.2, -0.15) is 0 Å². The first-order valence-electron chi connectivity index (χ1n) is 6.78. The van der Waals surface area contributed by atoms with Gasteiger partial charge in [0.1, 0.15) is 11.6 Å². The molecule has 0 spiro atoms. The van der Waals surface area contributed by atoms with Crippen molar-refractivity contribution in [1.29, 1.82) is 0 Å². The van der Waals surface area contributed by atoms with Crippen molar-refractivity contribution in [3.05, 3.63) is 58.6 Å². The number of rotatable bonds is 5. The molecule has 2 nitrogen and oxygen atoms in total. The van der Waals surface area contributed by atoms with Gasteiger partial charge in [-0.15, -0.1) is 0 Å². The lowest BCUT2D eigenvalue weighted by Crippen LogP contribution is -2.16. The highest BCUT2D eigenvalue weighted by Crippen LogP contribution is 2.32. The first-order valence-corrected chi connectivity index (χ1v) is 7.15. The smallest absolute Gasteiger partial charge is 0.184 e. The summed E-state index contributed by atoms with van der Waals surface area (Å²) in [5, 5.41) is 3.20. The molecule has 5 heteroatoms. The quantitative estimate of drug-likeness (QED) is 0.867. The first-order chi connectivity index (χ1) is 10.1. The molecule has 0 aliphatic heterocycles. The highest BCUT2D eigenvalue weighted by molar-refractivity contribution is 6.30. The molecule has 0 radical (unpaired) electrons. The van der Waals surface area contributed by atoms with Crippen LogP contribution in [0.15, 0.2) is 36.4 Å². The van der Waals surface area contributed by atoms with Crippen LogP contribution >= 0.6 is 11.6 Å². The second kappa shape index (κ2) is 6.00. The van der Waals surface area contributed by atoms with E-state index in [-0.39, 0.29) is 16.6 Å². The van der Waals surface area contributed by atoms with E-state index in [1.807, 2.05) is 0 Å². The van der Waals surface area contributed by atoms with E-state index in [9.17, 15) is 8.78 Å². The molecule has 1 aliphatic rings. The summed E-state index contributed by atoms with van der Waals surface area (Å²) in [4.78, 5) is 0. The summed E-state index contributed by atoms with van der Waals surface area (Å²) >= 11 is 5.72. The highest BCUT2D eigenvalue weighted by atomic mass is 35.5. The van der Waals surface area contributed by atoms with Crippen LogP contribution in [0.3, 0.4) is 0 Å². The number of benzene rings is 2. The zero-order valence-corrected chi connectivity index (χ0v) is 12.0. The maximum absolute atomic E-state index is 14.0. The molecule has 0 aromatic heterocycles. The molecule has 1 aliphatic carbocycles. The lowest BCUT2D eigenvalue weighted by molar-refractivity contribution is 0.429. The number of nitrogens with one attached hydrogen (secondary N) is 1. The number of hydrogen-bond donors (Lipinski definition) is 1. The fourth-order valence-electron chi connectivity index (χ4n) is 2.02. The Morgan fingerprint density at radius 3 is 2.57 bits per heavy atom. The van der Waals surface area contributed by atoms with Crippen molar-refractivity contribution < 1.29 is 13.5 Å². The van der Waals surface area contributed by atoms with Gasteiger partial charge in [-0.05, 0) is 37.1 Å². The minimum absolute atomic E-state index is 0.0132. The molecular weight excluding hydrogens is 296 g/mol. The van der Waals surface area contributed by atoms with Crippen LogP contribution in [0.1, 0.15) is 18.4 Å². The maximum atomic E-state index is 14.0. The van der Waals surface area contributed by atoms with Crippen molar-refractivity contribution in [3.63, 3.8) is 0 Å². The van der Waals surface area contributed by atoms with Gasteiger partial charge >= 0.3 is 0 Å². The van der Waals surface area contributed by atoms with Gasteiger partial charge in [0.05, 0.1) is 5.02 Å². The third kappa shape index (κ3) is 3.34. The summed E-state index contributed by atoms with van der Waals surface area (Å²) in [6.07, 6.45) is 2.21. The molecule has 1 N–H and O–H groups in total. The van der Waals surface area contributed by atoms with Gasteiger partial charge in [0.2, 0.25) is 0 Å². The summed E-state index contributed by atoms with van der Waals surface area (Å²) in [6.45, 7) is 0.356. The van der Waals surface area contributed by atoms with Crippen LogP contribution in [0, 0.1) is 11.6 Å². The van der Waals surface area contributed by atoms with Gasteiger partial charge in [0, 0.05) is 18.2 Å². The molecule has 2 aromatic carbocycles. The summed E-state index contributed by atoms with van der Waals surface area (Å²) in [5.74, 6) is -0.738. The van der Waals surface area contributed by atoms with Crippen molar-refractivity contribution in [2.75, 3.05) is 0 Å². The largest absolute Gasteiger partial charge is 0.454 e. The summed E-state index contributed by atoms with van der Waals surface area (Å²) in [7, 11) is 0. The van der Waals surface area contributed by atoms with E-state index in [2.05, 4.69) is 5.32 Å². The zero-order valence-electron chi connectivity index (χ0n) is 11.2. The molecule has 0 amide bonds. The van der Waals surface area contributed by atoms with Crippen molar-refractivity contribution in [2.24, 2.45) is 0 Å². The summed E-state index contributed by atoms with van der Waals surface area (Å²) in [5.41, 5.74) is 0.392. The van der Waals surface area contributed by atoms with Crippen LogP contribution in [-0.2, 0) is 6.54 Å². The molecule has 0 saturated heterocycles. The molecule has 3 rings (SSSR count). The predicted molar refractivity (Wildman–Crippen MR) is 77.7 cm³/mol. The molecule has 21 heavy (non-hydrogen) atoms. The third-order valence-corrected chi connectivity index (χ3v) is 3.65. The zero-order chi connectivity index (χ0) is 14.8. The Bertz CT molecular complexity index is 659. The molecule has 0 bridgehead atoms. The van der Waals surface area contributed by atoms with E-state index < -0.39 is 5.82 Å². The standard InChI is InChI=1S/C16H14ClF2NO/c17-12-3-1-6-15(16(12)19)21-14-5-2-4-13(18)11(14)9-20-10-7-8-10/h1-6,10,20H,7-9H2. The molecule has 0 unspecified atom stereocenters. The van der Waals surface area contributed by atoms with Gasteiger partial charge in [0.25, 0.3) is 0 Å². The fraction of sp³-hybridized carbons (Fsp3) is 0.250. The number of hydrogen-bond acceptors (Lipinski definition) is 2. The van der Waals surface area contributed by atoms with E-state index in [4.69, 9.17) is 16.3 Å². The van der Waals surface area contributed by atoms with Gasteiger partial charge in [0.15, 0.2) is 11.6 Å². The molecule has 1 saturated carbocycles. The van der Waals surface area contributed by atoms with Crippen LogP contribution in [0.4, 0.5) is 8.78 Å². The average molecular weight is 310 g/mol. The lowest BCUT2D eigenvalue weighted by atomic mass is 10.2. The van der Waals surface area contributed by atoms with E-state index in [0.29, 0.717) is 23.9 Å². The fourth-order valence-corrected chi connectivity index (χ4v) is 2.19. The van der Waals surface area contributed by atoms with Crippen molar-refractivity contribution in [2.45, 2.75) is 25.4 Å². The molecular formula is C16H14ClF2NO. The minimum Gasteiger partial charge on any atom is -0.454 e. The minimum atomic E-state index is -0.649. The Balaban J connectivity index is 1.86. The van der Waals surface area contributed by atoms with E-state index in [1.54, 1.807) is 12.1 Å². The van der Waals surface area contributed by atoms with Crippen molar-refractivity contribution in [3.8, 4) is 11.5 Å². The first kappa shape index (κ1) is 14.3. The van der Waals surface area contributed by atoms with Crippen LogP contribution in [0.25, 0.3) is 0 Å². The predicted octanol–water partition coefficient (Wildman–Crippen LogP) is 4.66. The monoisotopic (exact) mass is 309 g/mol. The van der Waals surface area contributed by atoms with Crippen LogP contribution in [-0.4, -0.2) is 6.04 Å². The highest BCUT2D eigenvalue weighted by Gasteiger charge is 2.22. The molecule has 0 heterocycles. The Morgan fingerprint density at radius 2 is 1.81 bits per heavy atom. The number of ether oxygens (including phenoxy) is 1. The van der Waals surface area contributed by atoms with Gasteiger partial charge < -0.3 is 10.1 Å². The van der Waals surface area contributed by atoms with Crippen LogP contribution < -0.4 is 10.1 Å². The molecule has 110 valence electrons. The third-order valence-electron chi connectivity index (χ3n) is 3.36. The van der Waals surface area contributed by atoms with Gasteiger partial charge in [-0.1, -0.05) is 23.7 Å². The van der Waals surface area contributed by atoms with E-state index in [0.717, 1.165) is 12.8 Å². The van der Waals surface area contributed by atoms with Gasteiger partial charge in [-0.25, -0.2) is 8.78 Å². The van der Waals surface area contributed by atoms with Gasteiger partial charge in [-0.3, -0.25) is 0 Å². The normalized spacial score (nSPS) is 14.2. The average Bonchev–Trinajstić information content (AvgIpc) is 3.27. The molecule has 1 fully saturated rings. The van der Waals surface area contributed by atoms with Crippen molar-refractivity contribution in [1.82, 2.24) is 5.32 Å². The number of halogens is 3. The topological polar surface area (TPSA) is 21.3 Å². The molecule has 0 atom stereocenters. The SMILES string of the molecule is Fc1cccc(Oc2cccc(Cl)c2F)c1CNC1CC1.